The third-order valence-corrected chi connectivity index (χ3v) is 2.06. The van der Waals surface area contributed by atoms with Crippen LogP contribution in [0.25, 0.3) is 0 Å². The molecule has 0 aliphatic carbocycles. The fourth-order valence-corrected chi connectivity index (χ4v) is 1.13. The van der Waals surface area contributed by atoms with Crippen molar-refractivity contribution in [3.8, 4) is 0 Å². The molecule has 0 spiro atoms. The minimum atomic E-state index is 0.963. The molecule has 0 heterocycles. The normalized spacial score (nSPS) is 9.50. The number of unbranched alkanes of at least 4 members (excludes halogenated alkanes) is 1. The van der Waals surface area contributed by atoms with Crippen LogP contribution in [-0.4, -0.2) is 0 Å². The van der Waals surface area contributed by atoms with E-state index in [9.17, 15) is 0 Å². The molecule has 0 saturated heterocycles. The summed E-state index contributed by atoms with van der Waals surface area (Å²) in [5.74, 6) is 0.963. The molecule has 76 valence electrons. The van der Waals surface area contributed by atoms with Gasteiger partial charge in [0.05, 0.1) is 0 Å². The van der Waals surface area contributed by atoms with Crippen LogP contribution < -0.4 is 0 Å². The average molecular weight is 172 g/mol. The summed E-state index contributed by atoms with van der Waals surface area (Å²) in [6.45, 7) is 11.2. The second kappa shape index (κ2) is 13.6. The van der Waals surface area contributed by atoms with Gasteiger partial charge in [-0.25, -0.2) is 0 Å². The second-order valence-corrected chi connectivity index (χ2v) is 3.68. The standard InChI is InChI=1S/C8H18.C4H10/c1-4-6-8(3)7-5-2;1-3-4-2/h8H,4-7H2,1-3H3;3-4H2,1-2H3. The van der Waals surface area contributed by atoms with Crippen LogP contribution in [0.4, 0.5) is 0 Å². The van der Waals surface area contributed by atoms with E-state index >= 15 is 0 Å². The van der Waals surface area contributed by atoms with Gasteiger partial charge < -0.3 is 0 Å². The van der Waals surface area contributed by atoms with Gasteiger partial charge >= 0.3 is 0 Å². The minimum absolute atomic E-state index is 0.963. The van der Waals surface area contributed by atoms with E-state index in [0.29, 0.717) is 0 Å². The highest BCUT2D eigenvalue weighted by Gasteiger charge is 1.95. The molecule has 0 unspecified atom stereocenters. The third-order valence-electron chi connectivity index (χ3n) is 2.06. The summed E-state index contributed by atoms with van der Waals surface area (Å²) in [4.78, 5) is 0. The van der Waals surface area contributed by atoms with Crippen molar-refractivity contribution in [3.05, 3.63) is 0 Å². The monoisotopic (exact) mass is 172 g/mol. The Bertz CT molecular complexity index is 49.1. The molecule has 0 rings (SSSR count). The Morgan fingerprint density at radius 1 is 0.667 bits per heavy atom. The van der Waals surface area contributed by atoms with Gasteiger partial charge in [-0.05, 0) is 5.92 Å². The van der Waals surface area contributed by atoms with Gasteiger partial charge in [-0.1, -0.05) is 73.1 Å². The van der Waals surface area contributed by atoms with Gasteiger partial charge in [-0.3, -0.25) is 0 Å². The average Bonchev–Trinajstić information content (AvgIpc) is 2.06. The topological polar surface area (TPSA) is 0 Å². The van der Waals surface area contributed by atoms with E-state index in [4.69, 9.17) is 0 Å². The van der Waals surface area contributed by atoms with Crippen molar-refractivity contribution in [2.24, 2.45) is 5.92 Å². The van der Waals surface area contributed by atoms with Crippen molar-refractivity contribution < 1.29 is 0 Å². The van der Waals surface area contributed by atoms with Crippen LogP contribution in [0.1, 0.15) is 73.1 Å². The largest absolute Gasteiger partial charge is 0.0654 e. The summed E-state index contributed by atoms with van der Waals surface area (Å²) in [5, 5.41) is 0. The lowest BCUT2D eigenvalue weighted by Crippen LogP contribution is -1.91. The summed E-state index contributed by atoms with van der Waals surface area (Å²) in [7, 11) is 0. The quantitative estimate of drug-likeness (QED) is 0.545. The van der Waals surface area contributed by atoms with E-state index in [1.807, 2.05) is 0 Å². The first-order valence-electron chi connectivity index (χ1n) is 5.72. The highest BCUT2D eigenvalue weighted by Crippen LogP contribution is 2.10. The molecule has 0 fully saturated rings. The van der Waals surface area contributed by atoms with E-state index in [1.54, 1.807) is 0 Å². The zero-order valence-corrected chi connectivity index (χ0v) is 9.82. The molecule has 0 aliphatic heterocycles. The lowest BCUT2D eigenvalue weighted by Gasteiger charge is -2.05. The van der Waals surface area contributed by atoms with Gasteiger partial charge in [-0.15, -0.1) is 0 Å². The molecule has 0 saturated carbocycles. The zero-order chi connectivity index (χ0) is 9.82. The van der Waals surface area contributed by atoms with E-state index in [0.717, 1.165) is 5.92 Å². The summed E-state index contributed by atoms with van der Waals surface area (Å²) in [6.07, 6.45) is 8.16. The van der Waals surface area contributed by atoms with E-state index < -0.39 is 0 Å². The number of hydrogen-bond acceptors (Lipinski definition) is 0. The van der Waals surface area contributed by atoms with Crippen LogP contribution in [0, 0.1) is 5.92 Å². The maximum atomic E-state index is 2.34. The Hall–Kier alpha value is 0. The lowest BCUT2D eigenvalue weighted by molar-refractivity contribution is 0.480. The Kier molecular flexibility index (Phi) is 16.4. The van der Waals surface area contributed by atoms with Gasteiger partial charge in [0, 0.05) is 0 Å². The molecular weight excluding hydrogens is 144 g/mol. The van der Waals surface area contributed by atoms with Crippen LogP contribution >= 0.6 is 0 Å². The molecule has 0 aromatic carbocycles. The summed E-state index contributed by atoms with van der Waals surface area (Å²) in [5.41, 5.74) is 0. The van der Waals surface area contributed by atoms with Crippen LogP contribution in [0.2, 0.25) is 0 Å². The fourth-order valence-electron chi connectivity index (χ4n) is 1.13. The Balaban J connectivity index is 0. The van der Waals surface area contributed by atoms with Crippen LogP contribution in [0.5, 0.6) is 0 Å². The number of hydrogen-bond donors (Lipinski definition) is 0. The molecule has 12 heavy (non-hydrogen) atoms. The molecule has 0 bridgehead atoms. The van der Waals surface area contributed by atoms with Crippen LogP contribution in [-0.2, 0) is 0 Å². The van der Waals surface area contributed by atoms with Gasteiger partial charge in [-0.2, -0.15) is 0 Å². The highest BCUT2D eigenvalue weighted by molar-refractivity contribution is 4.48. The molecule has 0 amide bonds. The summed E-state index contributed by atoms with van der Waals surface area (Å²) in [6, 6.07) is 0. The smallest absolute Gasteiger partial charge is 0.0443 e. The fraction of sp³-hybridized carbons (Fsp3) is 1.00. The summed E-state index contributed by atoms with van der Waals surface area (Å²) < 4.78 is 0. The van der Waals surface area contributed by atoms with Crippen molar-refractivity contribution in [3.63, 3.8) is 0 Å². The molecule has 0 aromatic heterocycles. The van der Waals surface area contributed by atoms with Gasteiger partial charge in [0.2, 0.25) is 0 Å². The SMILES string of the molecule is CCCC.CCCC(C)CCC. The molecule has 0 heteroatoms. The van der Waals surface area contributed by atoms with Crippen LogP contribution in [0.3, 0.4) is 0 Å². The first-order valence-corrected chi connectivity index (χ1v) is 5.72. The third kappa shape index (κ3) is 16.5. The Morgan fingerprint density at radius 3 is 1.17 bits per heavy atom. The summed E-state index contributed by atoms with van der Waals surface area (Å²) >= 11 is 0. The van der Waals surface area contributed by atoms with Crippen molar-refractivity contribution in [1.82, 2.24) is 0 Å². The van der Waals surface area contributed by atoms with Gasteiger partial charge in [0.1, 0.15) is 0 Å². The maximum absolute atomic E-state index is 2.34. The van der Waals surface area contributed by atoms with Crippen molar-refractivity contribution >= 4 is 0 Å². The molecular formula is C12H28. The second-order valence-electron chi connectivity index (χ2n) is 3.68. The zero-order valence-electron chi connectivity index (χ0n) is 9.82. The van der Waals surface area contributed by atoms with Crippen molar-refractivity contribution in [2.45, 2.75) is 73.1 Å². The van der Waals surface area contributed by atoms with E-state index in [2.05, 4.69) is 34.6 Å². The lowest BCUT2D eigenvalue weighted by atomic mass is 10.0. The molecule has 0 atom stereocenters. The Morgan fingerprint density at radius 2 is 1.00 bits per heavy atom. The molecule has 0 radical (unpaired) electrons. The highest BCUT2D eigenvalue weighted by atomic mass is 14.0. The van der Waals surface area contributed by atoms with Gasteiger partial charge in [0.15, 0.2) is 0 Å². The molecule has 0 N–H and O–H groups in total. The first-order chi connectivity index (χ1) is 5.72. The van der Waals surface area contributed by atoms with E-state index in [1.165, 1.54) is 38.5 Å². The number of rotatable bonds is 5. The molecule has 0 aromatic rings. The Labute approximate surface area is 79.8 Å². The molecule has 0 nitrogen and oxygen atoms in total. The predicted molar refractivity (Wildman–Crippen MR) is 59.6 cm³/mol. The van der Waals surface area contributed by atoms with Gasteiger partial charge in [0.25, 0.3) is 0 Å². The molecule has 0 aliphatic rings. The first kappa shape index (κ1) is 14.5. The van der Waals surface area contributed by atoms with Crippen molar-refractivity contribution in [1.29, 1.82) is 0 Å². The minimum Gasteiger partial charge on any atom is -0.0654 e. The maximum Gasteiger partial charge on any atom is -0.0443 e. The van der Waals surface area contributed by atoms with Crippen LogP contribution in [0.15, 0.2) is 0 Å². The van der Waals surface area contributed by atoms with Crippen molar-refractivity contribution in [2.75, 3.05) is 0 Å². The predicted octanol–water partition coefficient (Wildman–Crippen LogP) is 5.03. The van der Waals surface area contributed by atoms with E-state index in [-0.39, 0.29) is 0 Å².